The van der Waals surface area contributed by atoms with E-state index in [0.29, 0.717) is 0 Å². The molecule has 0 fully saturated rings. The quantitative estimate of drug-likeness (QED) is 0.339. The van der Waals surface area contributed by atoms with Crippen molar-refractivity contribution in [1.82, 2.24) is 0 Å². The first kappa shape index (κ1) is 11.4. The van der Waals surface area contributed by atoms with Crippen molar-refractivity contribution in [2.45, 2.75) is 6.92 Å². The summed E-state index contributed by atoms with van der Waals surface area (Å²) in [5, 5.41) is 0. The van der Waals surface area contributed by atoms with Crippen molar-refractivity contribution < 1.29 is 9.53 Å². The van der Waals surface area contributed by atoms with E-state index in [9.17, 15) is 4.79 Å². The van der Waals surface area contributed by atoms with Gasteiger partial charge in [0, 0.05) is 23.3 Å². The van der Waals surface area contributed by atoms with Crippen LogP contribution >= 0.6 is 0 Å². The van der Waals surface area contributed by atoms with Gasteiger partial charge in [-0.2, -0.15) is 0 Å². The molecule has 0 bridgehead atoms. The highest BCUT2D eigenvalue weighted by atomic mass is 16.5. The number of hydrogen-bond donors (Lipinski definition) is 0. The Balaban J connectivity index is 4.08. The summed E-state index contributed by atoms with van der Waals surface area (Å²) in [5.41, 5.74) is 0.277. The average molecular weight is 182 g/mol. The lowest BCUT2D eigenvalue weighted by Crippen LogP contribution is -1.99. The third kappa shape index (κ3) is 6.18. The van der Waals surface area contributed by atoms with Gasteiger partial charge in [-0.25, -0.2) is 4.79 Å². The summed E-state index contributed by atoms with van der Waals surface area (Å²) >= 11 is 0. The Morgan fingerprint density at radius 2 is 1.79 bits per heavy atom. The van der Waals surface area contributed by atoms with Crippen molar-refractivity contribution in [2.24, 2.45) is 0 Å². The fourth-order valence-corrected chi connectivity index (χ4v) is 0.314. The van der Waals surface area contributed by atoms with Crippen LogP contribution in [0.4, 0.5) is 0 Å². The van der Waals surface area contributed by atoms with Gasteiger partial charge in [0.15, 0.2) is 0 Å². The molecule has 0 aromatic carbocycles. The average Bonchev–Trinajstić information content (AvgIpc) is 2.16. The third-order valence-corrected chi connectivity index (χ3v) is 0.865. The summed E-state index contributed by atoms with van der Waals surface area (Å²) in [6.45, 7) is 4.89. The highest BCUT2D eigenvalue weighted by molar-refractivity contribution is 5.87. The summed E-state index contributed by atoms with van der Waals surface area (Å²) in [7, 11) is 0. The van der Waals surface area contributed by atoms with Crippen molar-refractivity contribution in [1.29, 1.82) is 0 Å². The molecular formula is C12H6O2. The molecule has 0 aliphatic rings. The van der Waals surface area contributed by atoms with Gasteiger partial charge in [0.25, 0.3) is 0 Å². The molecule has 0 saturated carbocycles. The molecule has 0 aliphatic heterocycles. The van der Waals surface area contributed by atoms with Crippen molar-refractivity contribution in [2.75, 3.05) is 0 Å². The second kappa shape index (κ2) is 7.12. The Bertz CT molecular complexity index is 456. The van der Waals surface area contributed by atoms with E-state index in [1.54, 1.807) is 0 Å². The zero-order valence-electron chi connectivity index (χ0n) is 7.60. The molecule has 0 radical (unpaired) electrons. The number of carbonyl (C=O) groups excluding carboxylic acids is 1. The lowest BCUT2D eigenvalue weighted by atomic mass is 10.4. The number of terminal acetylenes is 1. The van der Waals surface area contributed by atoms with Crippen LogP contribution in [0.1, 0.15) is 6.92 Å². The zero-order chi connectivity index (χ0) is 10.8. The van der Waals surface area contributed by atoms with Gasteiger partial charge in [-0.1, -0.05) is 6.58 Å². The highest BCUT2D eigenvalue weighted by Gasteiger charge is 1.98. The van der Waals surface area contributed by atoms with Crippen LogP contribution in [-0.2, 0) is 9.53 Å². The Kier molecular flexibility index (Phi) is 5.82. The Morgan fingerprint density at radius 1 is 1.21 bits per heavy atom. The minimum atomic E-state index is -0.575. The Hall–Kier alpha value is -2.55. The molecule has 0 N–H and O–H groups in total. The lowest BCUT2D eigenvalue weighted by Gasteiger charge is -1.89. The summed E-state index contributed by atoms with van der Waals surface area (Å²) in [6, 6.07) is 0. The second-order valence-electron chi connectivity index (χ2n) is 2.04. The standard InChI is InChI=1S/C12H6O2/c1-4-5-6-7-8-9-10-14-12(13)11(2)3/h1H,2H2,3H3. The summed E-state index contributed by atoms with van der Waals surface area (Å²) in [5.74, 6) is 13.1. The molecular weight excluding hydrogens is 176 g/mol. The van der Waals surface area contributed by atoms with Crippen LogP contribution in [0.3, 0.4) is 0 Å². The molecule has 14 heavy (non-hydrogen) atoms. The van der Waals surface area contributed by atoms with Crippen LogP contribution < -0.4 is 0 Å². The van der Waals surface area contributed by atoms with Gasteiger partial charge in [0.2, 0.25) is 0 Å². The van der Waals surface area contributed by atoms with E-state index in [4.69, 9.17) is 6.42 Å². The second-order valence-corrected chi connectivity index (χ2v) is 2.04. The van der Waals surface area contributed by atoms with Gasteiger partial charge >= 0.3 is 5.97 Å². The van der Waals surface area contributed by atoms with Crippen molar-refractivity contribution >= 4 is 5.97 Å². The van der Waals surface area contributed by atoms with Gasteiger partial charge in [0.1, 0.15) is 6.11 Å². The fourth-order valence-electron chi connectivity index (χ4n) is 0.314. The minimum Gasteiger partial charge on any atom is -0.368 e. The molecule has 0 heterocycles. The molecule has 0 unspecified atom stereocenters. The molecule has 0 aliphatic carbocycles. The lowest BCUT2D eigenvalue weighted by molar-refractivity contribution is -0.132. The predicted molar refractivity (Wildman–Crippen MR) is 53.1 cm³/mol. The molecule has 66 valence electrons. The van der Waals surface area contributed by atoms with Crippen LogP contribution in [0.15, 0.2) is 12.2 Å². The largest absolute Gasteiger partial charge is 0.368 e. The van der Waals surface area contributed by atoms with Crippen molar-refractivity contribution in [3.05, 3.63) is 12.2 Å². The predicted octanol–water partition coefficient (Wildman–Crippen LogP) is 0.707. The number of hydrogen-bond acceptors (Lipinski definition) is 2. The molecule has 0 atom stereocenters. The van der Waals surface area contributed by atoms with Gasteiger partial charge in [-0.15, -0.1) is 6.42 Å². The molecule has 0 aromatic heterocycles. The van der Waals surface area contributed by atoms with E-state index in [2.05, 4.69) is 52.9 Å². The third-order valence-electron chi connectivity index (χ3n) is 0.865. The first-order valence-electron chi connectivity index (χ1n) is 3.50. The van der Waals surface area contributed by atoms with Gasteiger partial charge in [0.05, 0.1) is 0 Å². The summed E-state index contributed by atoms with van der Waals surface area (Å²) in [4.78, 5) is 10.8. The monoisotopic (exact) mass is 182 g/mol. The molecule has 0 aromatic rings. The maximum Gasteiger partial charge on any atom is 0.347 e. The highest BCUT2D eigenvalue weighted by Crippen LogP contribution is 1.89. The van der Waals surface area contributed by atoms with Crippen molar-refractivity contribution in [3.8, 4) is 48.1 Å². The van der Waals surface area contributed by atoms with E-state index < -0.39 is 5.97 Å². The van der Waals surface area contributed by atoms with Gasteiger partial charge in [-0.05, 0) is 24.7 Å². The number of carbonyl (C=O) groups is 1. The van der Waals surface area contributed by atoms with Crippen molar-refractivity contribution in [3.63, 3.8) is 0 Å². The molecule has 2 heteroatoms. The summed E-state index contributed by atoms with van der Waals surface area (Å²) in [6.07, 6.45) is 6.93. The first-order valence-corrected chi connectivity index (χ1v) is 3.50. The van der Waals surface area contributed by atoms with E-state index >= 15 is 0 Å². The van der Waals surface area contributed by atoms with E-state index in [-0.39, 0.29) is 5.57 Å². The maximum absolute atomic E-state index is 10.8. The van der Waals surface area contributed by atoms with Gasteiger partial charge < -0.3 is 4.74 Å². The molecule has 0 amide bonds. The van der Waals surface area contributed by atoms with Crippen LogP contribution in [0, 0.1) is 48.1 Å². The minimum absolute atomic E-state index is 0.277. The normalized spacial score (nSPS) is 5.71. The zero-order valence-corrected chi connectivity index (χ0v) is 7.60. The molecule has 0 spiro atoms. The molecule has 0 rings (SSSR count). The maximum atomic E-state index is 10.8. The number of rotatable bonds is 1. The van der Waals surface area contributed by atoms with Crippen LogP contribution in [0.2, 0.25) is 0 Å². The summed E-state index contributed by atoms with van der Waals surface area (Å²) < 4.78 is 4.42. The number of esters is 1. The van der Waals surface area contributed by atoms with Gasteiger partial charge in [-0.3, -0.25) is 0 Å². The van der Waals surface area contributed by atoms with Crippen LogP contribution in [0.25, 0.3) is 0 Å². The topological polar surface area (TPSA) is 26.3 Å². The smallest absolute Gasteiger partial charge is 0.347 e. The first-order chi connectivity index (χ1) is 6.68. The Morgan fingerprint density at radius 3 is 2.36 bits per heavy atom. The van der Waals surface area contributed by atoms with E-state index in [0.717, 1.165) is 0 Å². The fraction of sp³-hybridized carbons (Fsp3) is 0.0833. The molecule has 2 nitrogen and oxygen atoms in total. The number of ether oxygens (including phenoxy) is 1. The van der Waals surface area contributed by atoms with E-state index in [1.165, 1.54) is 6.92 Å². The SMILES string of the molecule is C#CC#CC#CC#COC(=O)C(=C)C. The van der Waals surface area contributed by atoms with E-state index in [1.807, 2.05) is 0 Å². The van der Waals surface area contributed by atoms with Crippen LogP contribution in [0.5, 0.6) is 0 Å². The Labute approximate surface area is 83.3 Å². The van der Waals surface area contributed by atoms with Crippen LogP contribution in [-0.4, -0.2) is 5.97 Å². The molecule has 0 saturated heterocycles.